The van der Waals surface area contributed by atoms with E-state index in [4.69, 9.17) is 46.4 Å². The first-order valence-corrected chi connectivity index (χ1v) is 7.20. The Bertz CT molecular complexity index is 780. The molecule has 0 atom stereocenters. The van der Waals surface area contributed by atoms with E-state index in [1.165, 1.54) is 24.3 Å². The van der Waals surface area contributed by atoms with Crippen LogP contribution in [-0.2, 0) is 0 Å². The fraction of sp³-hybridized carbons (Fsp3) is 0. The predicted octanol–water partition coefficient (Wildman–Crippen LogP) is 5.46. The summed E-state index contributed by atoms with van der Waals surface area (Å²) in [6.07, 6.45) is 0. The first-order valence-electron chi connectivity index (χ1n) is 5.69. The molecule has 22 heavy (non-hydrogen) atoms. The maximum atomic E-state index is 12.2. The van der Waals surface area contributed by atoms with Crippen molar-refractivity contribution in [3.63, 3.8) is 0 Å². The highest BCUT2D eigenvalue weighted by Crippen LogP contribution is 2.33. The van der Waals surface area contributed by atoms with Crippen LogP contribution in [0, 0.1) is 10.1 Å². The molecule has 9 heteroatoms. The van der Waals surface area contributed by atoms with Crippen molar-refractivity contribution in [2.45, 2.75) is 0 Å². The molecule has 114 valence electrons. The molecule has 0 radical (unpaired) electrons. The smallest absolute Gasteiger partial charge is 0.283 e. The lowest BCUT2D eigenvalue weighted by Gasteiger charge is -2.09. The highest BCUT2D eigenvalue weighted by Gasteiger charge is 2.21. The van der Waals surface area contributed by atoms with Crippen LogP contribution in [0.3, 0.4) is 0 Å². The number of benzene rings is 2. The summed E-state index contributed by atoms with van der Waals surface area (Å²) in [5.74, 6) is -0.719. The molecule has 0 bridgehead atoms. The zero-order valence-electron chi connectivity index (χ0n) is 10.6. The van der Waals surface area contributed by atoms with Gasteiger partial charge in [-0.3, -0.25) is 14.9 Å². The molecule has 1 N–H and O–H groups in total. The van der Waals surface area contributed by atoms with Gasteiger partial charge in [0.15, 0.2) is 0 Å². The summed E-state index contributed by atoms with van der Waals surface area (Å²) < 4.78 is 0. The number of halogens is 4. The Morgan fingerprint density at radius 1 is 1.00 bits per heavy atom. The maximum Gasteiger partial charge on any atom is 0.283 e. The molecule has 2 aromatic carbocycles. The molecule has 0 aromatic heterocycles. The van der Waals surface area contributed by atoms with Crippen molar-refractivity contribution >= 4 is 63.7 Å². The lowest BCUT2D eigenvalue weighted by molar-refractivity contribution is -0.385. The van der Waals surface area contributed by atoms with Crippen LogP contribution in [0.2, 0.25) is 20.1 Å². The number of rotatable bonds is 3. The van der Waals surface area contributed by atoms with Gasteiger partial charge >= 0.3 is 0 Å². The second-order valence-electron chi connectivity index (χ2n) is 4.12. The number of nitrogens with zero attached hydrogens (tertiary/aromatic N) is 1. The second-order valence-corrected chi connectivity index (χ2v) is 5.78. The van der Waals surface area contributed by atoms with Crippen LogP contribution in [0.25, 0.3) is 0 Å². The summed E-state index contributed by atoms with van der Waals surface area (Å²) in [4.78, 5) is 22.5. The Kier molecular flexibility index (Phi) is 5.13. The Balaban J connectivity index is 2.38. The summed E-state index contributed by atoms with van der Waals surface area (Å²) in [5.41, 5.74) is -0.386. The van der Waals surface area contributed by atoms with Gasteiger partial charge in [-0.25, -0.2) is 0 Å². The lowest BCUT2D eigenvalue weighted by atomic mass is 10.1. The van der Waals surface area contributed by atoms with Gasteiger partial charge in [-0.15, -0.1) is 0 Å². The van der Waals surface area contributed by atoms with Crippen LogP contribution >= 0.6 is 46.4 Å². The minimum atomic E-state index is -0.719. The quantitative estimate of drug-likeness (QED) is 0.437. The van der Waals surface area contributed by atoms with E-state index in [-0.39, 0.29) is 31.3 Å². The summed E-state index contributed by atoms with van der Waals surface area (Å²) >= 11 is 23.3. The molecule has 5 nitrogen and oxygen atoms in total. The van der Waals surface area contributed by atoms with Crippen LogP contribution in [-0.4, -0.2) is 10.8 Å². The third kappa shape index (κ3) is 3.62. The highest BCUT2D eigenvalue weighted by molar-refractivity contribution is 6.44. The molecule has 0 spiro atoms. The van der Waals surface area contributed by atoms with Crippen molar-refractivity contribution in [2.75, 3.05) is 5.32 Å². The average molecular weight is 380 g/mol. The molecule has 2 aromatic rings. The van der Waals surface area contributed by atoms with Gasteiger partial charge < -0.3 is 5.32 Å². The SMILES string of the molecule is O=C(Nc1cc(Cl)c(Cl)cc1Cl)c1ccc(Cl)cc1[N+](=O)[O-]. The number of anilines is 1. The number of nitro groups is 1. The molecule has 1 amide bonds. The topological polar surface area (TPSA) is 72.2 Å². The second kappa shape index (κ2) is 6.71. The summed E-state index contributed by atoms with van der Waals surface area (Å²) in [5, 5.41) is 14.2. The van der Waals surface area contributed by atoms with Gasteiger partial charge in [-0.05, 0) is 24.3 Å². The third-order valence-electron chi connectivity index (χ3n) is 2.66. The van der Waals surface area contributed by atoms with E-state index in [9.17, 15) is 14.9 Å². The van der Waals surface area contributed by atoms with Crippen LogP contribution in [0.5, 0.6) is 0 Å². The van der Waals surface area contributed by atoms with Gasteiger partial charge in [-0.1, -0.05) is 46.4 Å². The fourth-order valence-corrected chi connectivity index (χ4v) is 2.42. The monoisotopic (exact) mass is 378 g/mol. The van der Waals surface area contributed by atoms with E-state index < -0.39 is 16.5 Å². The molecular formula is C13H6Cl4N2O3. The van der Waals surface area contributed by atoms with Gasteiger partial charge in [0, 0.05) is 11.1 Å². The Labute approximate surface area is 144 Å². The molecule has 0 heterocycles. The predicted molar refractivity (Wildman–Crippen MR) is 87.5 cm³/mol. The molecule has 0 aliphatic rings. The zero-order valence-corrected chi connectivity index (χ0v) is 13.6. The highest BCUT2D eigenvalue weighted by atomic mass is 35.5. The molecular weight excluding hydrogens is 374 g/mol. The van der Waals surface area contributed by atoms with Crippen molar-refractivity contribution in [1.29, 1.82) is 0 Å². The number of hydrogen-bond donors (Lipinski definition) is 1. The van der Waals surface area contributed by atoms with Crippen LogP contribution in [0.15, 0.2) is 30.3 Å². The molecule has 2 rings (SSSR count). The van der Waals surface area contributed by atoms with Crippen molar-refractivity contribution in [3.8, 4) is 0 Å². The van der Waals surface area contributed by atoms with Gasteiger partial charge in [0.05, 0.1) is 25.7 Å². The zero-order chi connectivity index (χ0) is 16.4. The molecule has 0 unspecified atom stereocenters. The van der Waals surface area contributed by atoms with Gasteiger partial charge in [-0.2, -0.15) is 0 Å². The number of carbonyl (C=O) groups is 1. The molecule has 0 aliphatic carbocycles. The van der Waals surface area contributed by atoms with Crippen LogP contribution in [0.1, 0.15) is 10.4 Å². The van der Waals surface area contributed by atoms with Crippen molar-refractivity contribution in [3.05, 3.63) is 66.1 Å². The minimum Gasteiger partial charge on any atom is -0.320 e. The number of nitro benzene ring substituents is 1. The van der Waals surface area contributed by atoms with Gasteiger partial charge in [0.1, 0.15) is 5.56 Å². The van der Waals surface area contributed by atoms with Crippen molar-refractivity contribution in [2.24, 2.45) is 0 Å². The van der Waals surface area contributed by atoms with Gasteiger partial charge in [0.25, 0.3) is 11.6 Å². The number of hydrogen-bond acceptors (Lipinski definition) is 3. The van der Waals surface area contributed by atoms with Crippen LogP contribution in [0.4, 0.5) is 11.4 Å². The third-order valence-corrected chi connectivity index (χ3v) is 3.93. The Morgan fingerprint density at radius 2 is 1.64 bits per heavy atom. The van der Waals surface area contributed by atoms with E-state index in [0.29, 0.717) is 0 Å². The lowest BCUT2D eigenvalue weighted by Crippen LogP contribution is -2.14. The number of nitrogens with one attached hydrogen (secondary N) is 1. The van der Waals surface area contributed by atoms with E-state index in [0.717, 1.165) is 6.07 Å². The van der Waals surface area contributed by atoms with Crippen LogP contribution < -0.4 is 5.32 Å². The van der Waals surface area contributed by atoms with E-state index in [1.807, 2.05) is 0 Å². The first-order chi connectivity index (χ1) is 10.3. The van der Waals surface area contributed by atoms with Gasteiger partial charge in [0.2, 0.25) is 0 Å². The fourth-order valence-electron chi connectivity index (χ4n) is 1.66. The first kappa shape index (κ1) is 16.8. The van der Waals surface area contributed by atoms with E-state index >= 15 is 0 Å². The van der Waals surface area contributed by atoms with E-state index in [2.05, 4.69) is 5.32 Å². The minimum absolute atomic E-state index is 0.149. The largest absolute Gasteiger partial charge is 0.320 e. The van der Waals surface area contributed by atoms with E-state index in [1.54, 1.807) is 0 Å². The summed E-state index contributed by atoms with van der Waals surface area (Å²) in [6.45, 7) is 0. The molecule has 0 saturated heterocycles. The maximum absolute atomic E-state index is 12.2. The summed E-state index contributed by atoms with van der Waals surface area (Å²) in [7, 11) is 0. The van der Waals surface area contributed by atoms with Crippen molar-refractivity contribution in [1.82, 2.24) is 0 Å². The normalized spacial score (nSPS) is 10.4. The standard InChI is InChI=1S/C13H6Cl4N2O3/c14-6-1-2-7(12(3-6)19(21)22)13(20)18-11-5-9(16)8(15)4-10(11)17/h1-5H,(H,18,20). The molecule has 0 fully saturated rings. The molecule has 0 aliphatic heterocycles. The number of carbonyl (C=O) groups excluding carboxylic acids is 1. The number of amides is 1. The van der Waals surface area contributed by atoms with Crippen molar-refractivity contribution < 1.29 is 9.72 Å². The average Bonchev–Trinajstić information content (AvgIpc) is 2.44. The Hall–Kier alpha value is -1.53. The Morgan fingerprint density at radius 3 is 2.27 bits per heavy atom. The molecule has 0 saturated carbocycles. The summed E-state index contributed by atoms with van der Waals surface area (Å²) in [6, 6.07) is 6.43.